The number of aromatic nitrogens is 4. The van der Waals surface area contributed by atoms with Crippen LogP contribution in [0.3, 0.4) is 0 Å². The van der Waals surface area contributed by atoms with Crippen LogP contribution >= 0.6 is 0 Å². The zero-order valence-electron chi connectivity index (χ0n) is 34.6. The van der Waals surface area contributed by atoms with Crippen LogP contribution in [0.25, 0.3) is 127 Å². The molecule has 6 nitrogen and oxygen atoms in total. The summed E-state index contributed by atoms with van der Waals surface area (Å²) in [5, 5.41) is 9.13. The molecular formula is C57H38N4O2. The van der Waals surface area contributed by atoms with Crippen LogP contribution in [0.4, 0.5) is 0 Å². The highest BCUT2D eigenvalue weighted by molar-refractivity contribution is 6.25. The Bertz CT molecular complexity index is 3900. The Morgan fingerprint density at radius 2 is 0.937 bits per heavy atom. The molecule has 0 N–H and O–H groups in total. The molecule has 0 saturated heterocycles. The summed E-state index contributed by atoms with van der Waals surface area (Å²) in [4.78, 5) is 15.4. The minimum absolute atomic E-state index is 0.572. The van der Waals surface area contributed by atoms with Crippen LogP contribution in [-0.4, -0.2) is 19.5 Å². The predicted molar refractivity (Wildman–Crippen MR) is 259 cm³/mol. The van der Waals surface area contributed by atoms with Crippen molar-refractivity contribution in [3.05, 3.63) is 194 Å². The molecule has 0 aliphatic rings. The second kappa shape index (κ2) is 14.7. The first kappa shape index (κ1) is 36.5. The maximum Gasteiger partial charge on any atom is 0.164 e. The largest absolute Gasteiger partial charge is 0.456 e. The Kier molecular flexibility index (Phi) is 8.50. The van der Waals surface area contributed by atoms with E-state index in [1.165, 1.54) is 21.5 Å². The molecule has 0 fully saturated rings. The van der Waals surface area contributed by atoms with E-state index in [0.717, 1.165) is 88.4 Å². The molecular weight excluding hydrogens is 773 g/mol. The lowest BCUT2D eigenvalue weighted by atomic mass is 9.96. The van der Waals surface area contributed by atoms with Gasteiger partial charge in [-0.05, 0) is 64.9 Å². The third-order valence-electron chi connectivity index (χ3n) is 12.0. The molecule has 4 heterocycles. The molecule has 0 saturated carbocycles. The zero-order valence-corrected chi connectivity index (χ0v) is 34.6. The molecule has 6 heteroatoms. The van der Waals surface area contributed by atoms with Gasteiger partial charge in [0.05, 0.1) is 11.0 Å². The molecule has 13 rings (SSSR count). The van der Waals surface area contributed by atoms with Gasteiger partial charge < -0.3 is 13.4 Å². The van der Waals surface area contributed by atoms with Gasteiger partial charge in [-0.2, -0.15) is 0 Å². The summed E-state index contributed by atoms with van der Waals surface area (Å²) >= 11 is 0. The van der Waals surface area contributed by atoms with E-state index in [4.69, 9.17) is 23.8 Å². The Labute approximate surface area is 362 Å². The van der Waals surface area contributed by atoms with Crippen molar-refractivity contribution in [1.29, 1.82) is 0 Å². The van der Waals surface area contributed by atoms with E-state index in [2.05, 4.69) is 132 Å². The minimum atomic E-state index is 0.572. The number of hydrogen-bond donors (Lipinski definition) is 0. The lowest BCUT2D eigenvalue weighted by molar-refractivity contribution is 0.668. The number of hydrogen-bond acceptors (Lipinski definition) is 5. The van der Waals surface area contributed by atoms with Crippen molar-refractivity contribution in [2.24, 2.45) is 0 Å². The number of benzene rings is 9. The van der Waals surface area contributed by atoms with Crippen LogP contribution in [0.2, 0.25) is 0 Å². The van der Waals surface area contributed by atoms with Crippen molar-refractivity contribution >= 4 is 76.5 Å². The van der Waals surface area contributed by atoms with Gasteiger partial charge in [-0.1, -0.05) is 159 Å². The van der Waals surface area contributed by atoms with E-state index < -0.39 is 0 Å². The number of fused-ring (bicyclic) bond motifs is 11. The molecule has 0 unspecified atom stereocenters. The van der Waals surface area contributed by atoms with Gasteiger partial charge in [-0.3, -0.25) is 0 Å². The molecule has 0 atom stereocenters. The molecule has 9 aromatic carbocycles. The Morgan fingerprint density at radius 1 is 0.365 bits per heavy atom. The van der Waals surface area contributed by atoms with E-state index in [1.807, 2.05) is 80.6 Å². The van der Waals surface area contributed by atoms with Crippen molar-refractivity contribution in [2.45, 2.75) is 13.8 Å². The van der Waals surface area contributed by atoms with E-state index in [0.29, 0.717) is 17.5 Å². The first-order valence-corrected chi connectivity index (χ1v) is 21.4. The summed E-state index contributed by atoms with van der Waals surface area (Å²) in [7, 11) is 0. The molecule has 13 aromatic rings. The van der Waals surface area contributed by atoms with Gasteiger partial charge in [0, 0.05) is 60.3 Å². The van der Waals surface area contributed by atoms with Crippen LogP contribution in [0, 0.1) is 0 Å². The second-order valence-electron chi connectivity index (χ2n) is 15.5. The van der Waals surface area contributed by atoms with Crippen molar-refractivity contribution in [1.82, 2.24) is 19.5 Å². The molecule has 0 aliphatic heterocycles. The monoisotopic (exact) mass is 810 g/mol. The van der Waals surface area contributed by atoms with Gasteiger partial charge in [-0.15, -0.1) is 0 Å². The summed E-state index contributed by atoms with van der Waals surface area (Å²) in [5.74, 6) is 1.75. The fourth-order valence-electron chi connectivity index (χ4n) is 9.32. The number of furan rings is 2. The van der Waals surface area contributed by atoms with Gasteiger partial charge >= 0.3 is 0 Å². The van der Waals surface area contributed by atoms with E-state index in [1.54, 1.807) is 0 Å². The van der Waals surface area contributed by atoms with Crippen LogP contribution in [0.1, 0.15) is 13.8 Å². The number of para-hydroxylation sites is 3. The maximum atomic E-state index is 6.41. The van der Waals surface area contributed by atoms with Gasteiger partial charge in [0.2, 0.25) is 0 Å². The summed E-state index contributed by atoms with van der Waals surface area (Å²) in [6.45, 7) is 4.00. The van der Waals surface area contributed by atoms with Gasteiger partial charge in [0.25, 0.3) is 0 Å². The topological polar surface area (TPSA) is 69.9 Å². The summed E-state index contributed by atoms with van der Waals surface area (Å²) < 4.78 is 15.1. The second-order valence-corrected chi connectivity index (χ2v) is 15.5. The lowest BCUT2D eigenvalue weighted by Gasteiger charge is -2.14. The highest BCUT2D eigenvalue weighted by Crippen LogP contribution is 2.45. The maximum absolute atomic E-state index is 6.41. The molecule has 0 aliphatic carbocycles. The van der Waals surface area contributed by atoms with E-state index >= 15 is 0 Å². The quantitative estimate of drug-likeness (QED) is 0.173. The van der Waals surface area contributed by atoms with Crippen molar-refractivity contribution in [3.63, 3.8) is 0 Å². The van der Waals surface area contributed by atoms with Gasteiger partial charge in [0.1, 0.15) is 22.3 Å². The third-order valence-corrected chi connectivity index (χ3v) is 12.0. The summed E-state index contributed by atoms with van der Waals surface area (Å²) in [6.07, 6.45) is 0. The van der Waals surface area contributed by atoms with Crippen LogP contribution in [0.5, 0.6) is 0 Å². The first-order chi connectivity index (χ1) is 31.2. The zero-order chi connectivity index (χ0) is 42.0. The normalized spacial score (nSPS) is 11.7. The summed E-state index contributed by atoms with van der Waals surface area (Å²) in [6, 6.07) is 67.5. The van der Waals surface area contributed by atoms with Crippen molar-refractivity contribution in [3.8, 4) is 51.0 Å². The minimum Gasteiger partial charge on any atom is -0.456 e. The highest BCUT2D eigenvalue weighted by atomic mass is 16.3. The van der Waals surface area contributed by atoms with E-state index in [-0.39, 0.29) is 0 Å². The Morgan fingerprint density at radius 3 is 1.76 bits per heavy atom. The smallest absolute Gasteiger partial charge is 0.164 e. The van der Waals surface area contributed by atoms with E-state index in [9.17, 15) is 0 Å². The summed E-state index contributed by atoms with van der Waals surface area (Å²) in [5.41, 5.74) is 11.5. The molecule has 0 amide bonds. The molecule has 0 spiro atoms. The average Bonchev–Trinajstić information content (AvgIpc) is 4.04. The number of rotatable bonds is 5. The average molecular weight is 811 g/mol. The molecule has 4 aromatic heterocycles. The highest BCUT2D eigenvalue weighted by Gasteiger charge is 2.22. The fraction of sp³-hybridized carbons (Fsp3) is 0.0351. The predicted octanol–water partition coefficient (Wildman–Crippen LogP) is 15.6. The number of nitrogens with zero attached hydrogens (tertiary/aromatic N) is 4. The Balaban J connectivity index is 0.00000208. The lowest BCUT2D eigenvalue weighted by Crippen LogP contribution is -2.01. The molecule has 298 valence electrons. The van der Waals surface area contributed by atoms with Crippen LogP contribution < -0.4 is 0 Å². The van der Waals surface area contributed by atoms with Crippen molar-refractivity contribution < 1.29 is 8.83 Å². The fourth-order valence-corrected chi connectivity index (χ4v) is 9.32. The third kappa shape index (κ3) is 5.83. The first-order valence-electron chi connectivity index (χ1n) is 21.4. The van der Waals surface area contributed by atoms with Gasteiger partial charge in [-0.25, -0.2) is 15.0 Å². The molecule has 63 heavy (non-hydrogen) atoms. The molecule has 0 radical (unpaired) electrons. The van der Waals surface area contributed by atoms with Crippen LogP contribution in [-0.2, 0) is 0 Å². The standard InChI is InChI=1S/C55H32N4O2.C2H6/c1-2-14-34(15-3-1)53-56-54(58-55(57-53)36-27-29-40-39-19-6-8-24-46(39)61-49(40)32-36)35-16-10-17-37(31-35)59-45-30-28-33-13-4-5-18-38(33)50(45)44-23-11-22-42(52(44)59)41-21-12-26-48-51(41)43-20-7-9-25-47(43)60-48;1-2/h1-32H;1-2H3. The van der Waals surface area contributed by atoms with Crippen LogP contribution in [0.15, 0.2) is 203 Å². The SMILES string of the molecule is CC.c1ccc(-c2nc(-c3cccc(-n4c5ccc6ccccc6c5c5cccc(-c6cccc7oc8ccccc8c67)c54)c3)nc(-c3ccc4c(c3)oc3ccccc34)n2)cc1. The Hall–Kier alpha value is -8.35. The van der Waals surface area contributed by atoms with Crippen molar-refractivity contribution in [2.75, 3.05) is 0 Å². The molecule has 0 bridgehead atoms. The van der Waals surface area contributed by atoms with Gasteiger partial charge in [0.15, 0.2) is 17.5 Å².